The molecule has 0 fully saturated rings. The zero-order valence-electron chi connectivity index (χ0n) is 12.9. The minimum atomic E-state index is -0.315. The Hall–Kier alpha value is -2.86. The van der Waals surface area contributed by atoms with E-state index < -0.39 is 0 Å². The van der Waals surface area contributed by atoms with Crippen molar-refractivity contribution in [1.29, 1.82) is 0 Å². The maximum atomic E-state index is 12.2. The van der Waals surface area contributed by atoms with E-state index in [1.165, 1.54) is 6.39 Å². The van der Waals surface area contributed by atoms with Gasteiger partial charge in [-0.3, -0.25) is 0 Å². The topological polar surface area (TPSA) is 80.0 Å². The van der Waals surface area contributed by atoms with Crippen molar-refractivity contribution < 1.29 is 9.21 Å². The van der Waals surface area contributed by atoms with Gasteiger partial charge in [-0.25, -0.2) is 4.79 Å². The van der Waals surface area contributed by atoms with E-state index in [0.717, 1.165) is 11.1 Å². The summed E-state index contributed by atoms with van der Waals surface area (Å²) in [5.41, 5.74) is 2.28. The quantitative estimate of drug-likeness (QED) is 0.741. The number of carbonyl (C=O) groups is 1. The molecule has 3 rings (SSSR count). The first-order chi connectivity index (χ1) is 11.6. The predicted molar refractivity (Wildman–Crippen MR) is 91.8 cm³/mol. The third kappa shape index (κ3) is 3.91. The van der Waals surface area contributed by atoms with Crippen LogP contribution in [0.4, 0.5) is 10.5 Å². The van der Waals surface area contributed by atoms with Crippen LogP contribution in [0, 0.1) is 0 Å². The summed E-state index contributed by atoms with van der Waals surface area (Å²) in [5.74, 6) is 0.395. The molecule has 122 valence electrons. The van der Waals surface area contributed by atoms with Crippen molar-refractivity contribution in [3.05, 3.63) is 65.5 Å². The number of urea groups is 1. The summed E-state index contributed by atoms with van der Waals surface area (Å²) in [6.07, 6.45) is 1.26. The molecule has 0 bridgehead atoms. The number of nitrogens with zero attached hydrogens (tertiary/aromatic N) is 2. The van der Waals surface area contributed by atoms with Crippen molar-refractivity contribution in [3.63, 3.8) is 0 Å². The molecule has 2 aromatic carbocycles. The number of nitrogens with one attached hydrogen (secondary N) is 2. The van der Waals surface area contributed by atoms with Gasteiger partial charge in [0.2, 0.25) is 12.3 Å². The van der Waals surface area contributed by atoms with E-state index in [1.807, 2.05) is 31.2 Å². The van der Waals surface area contributed by atoms with E-state index >= 15 is 0 Å². The summed E-state index contributed by atoms with van der Waals surface area (Å²) in [4.78, 5) is 12.2. The maximum Gasteiger partial charge on any atom is 0.319 e. The fourth-order valence-corrected chi connectivity index (χ4v) is 2.45. The summed E-state index contributed by atoms with van der Waals surface area (Å²) in [6, 6.07) is 14.0. The molecule has 0 saturated carbocycles. The van der Waals surface area contributed by atoms with Crippen molar-refractivity contribution in [3.8, 4) is 11.5 Å². The van der Waals surface area contributed by atoms with Crippen LogP contribution in [0.1, 0.15) is 18.5 Å². The van der Waals surface area contributed by atoms with E-state index in [0.29, 0.717) is 16.6 Å². The monoisotopic (exact) mass is 342 g/mol. The van der Waals surface area contributed by atoms with Gasteiger partial charge in [-0.1, -0.05) is 29.8 Å². The highest BCUT2D eigenvalue weighted by Crippen LogP contribution is 2.21. The molecule has 24 heavy (non-hydrogen) atoms. The number of halogens is 1. The lowest BCUT2D eigenvalue weighted by Crippen LogP contribution is -2.31. The van der Waals surface area contributed by atoms with Crippen LogP contribution >= 0.6 is 11.6 Å². The van der Waals surface area contributed by atoms with Gasteiger partial charge in [0.15, 0.2) is 0 Å². The van der Waals surface area contributed by atoms with Gasteiger partial charge < -0.3 is 15.1 Å². The number of benzene rings is 2. The van der Waals surface area contributed by atoms with Crippen LogP contribution in [0.5, 0.6) is 0 Å². The standard InChI is InChI=1S/C17H15ClN4O2/c1-11(12-4-2-6-14(18)8-12)20-17(23)21-15-7-3-5-13(9-15)16-22-19-10-24-16/h2-11H,1H3,(H2,20,21,23). The van der Waals surface area contributed by atoms with Crippen LogP contribution in [-0.2, 0) is 0 Å². The minimum Gasteiger partial charge on any atom is -0.423 e. The van der Waals surface area contributed by atoms with Gasteiger partial charge in [-0.05, 0) is 42.8 Å². The van der Waals surface area contributed by atoms with Crippen molar-refractivity contribution >= 4 is 23.3 Å². The number of aromatic nitrogens is 2. The zero-order valence-corrected chi connectivity index (χ0v) is 13.6. The molecule has 1 atom stereocenters. The second-order valence-corrected chi connectivity index (χ2v) is 5.64. The van der Waals surface area contributed by atoms with Gasteiger partial charge in [0, 0.05) is 16.3 Å². The first kappa shape index (κ1) is 16.0. The lowest BCUT2D eigenvalue weighted by molar-refractivity contribution is 0.249. The van der Waals surface area contributed by atoms with Crippen LogP contribution in [0.25, 0.3) is 11.5 Å². The van der Waals surface area contributed by atoms with Crippen molar-refractivity contribution in [2.75, 3.05) is 5.32 Å². The second kappa shape index (κ2) is 7.14. The molecule has 2 amide bonds. The zero-order chi connectivity index (χ0) is 16.9. The third-order valence-electron chi connectivity index (χ3n) is 3.42. The Morgan fingerprint density at radius 1 is 1.21 bits per heavy atom. The normalized spacial score (nSPS) is 11.8. The van der Waals surface area contributed by atoms with E-state index in [-0.39, 0.29) is 12.1 Å². The molecular formula is C17H15ClN4O2. The number of rotatable bonds is 4. The minimum absolute atomic E-state index is 0.178. The average molecular weight is 343 g/mol. The number of amides is 2. The number of hydrogen-bond donors (Lipinski definition) is 2. The summed E-state index contributed by atoms with van der Waals surface area (Å²) in [5, 5.41) is 13.8. The molecule has 1 aromatic heterocycles. The Bertz CT molecular complexity index is 836. The van der Waals surface area contributed by atoms with Gasteiger partial charge in [-0.2, -0.15) is 0 Å². The summed E-state index contributed by atoms with van der Waals surface area (Å²) < 4.78 is 5.15. The predicted octanol–water partition coefficient (Wildman–Crippen LogP) is 4.27. The first-order valence-electron chi connectivity index (χ1n) is 7.31. The van der Waals surface area contributed by atoms with Gasteiger partial charge in [0.25, 0.3) is 0 Å². The molecule has 2 N–H and O–H groups in total. The van der Waals surface area contributed by atoms with Gasteiger partial charge in [0.1, 0.15) is 0 Å². The van der Waals surface area contributed by atoms with Crippen molar-refractivity contribution in [1.82, 2.24) is 15.5 Å². The molecule has 3 aromatic rings. The Balaban J connectivity index is 1.66. The SMILES string of the molecule is CC(NC(=O)Nc1cccc(-c2nnco2)c1)c1cccc(Cl)c1. The van der Waals surface area contributed by atoms with E-state index in [4.69, 9.17) is 16.0 Å². The van der Waals surface area contributed by atoms with Crippen LogP contribution in [0.3, 0.4) is 0 Å². The van der Waals surface area contributed by atoms with Gasteiger partial charge in [-0.15, -0.1) is 10.2 Å². The lowest BCUT2D eigenvalue weighted by atomic mass is 10.1. The molecule has 6 nitrogen and oxygen atoms in total. The van der Waals surface area contributed by atoms with Crippen LogP contribution in [0.2, 0.25) is 5.02 Å². The third-order valence-corrected chi connectivity index (χ3v) is 3.66. The second-order valence-electron chi connectivity index (χ2n) is 5.20. The molecule has 0 aliphatic carbocycles. The number of hydrogen-bond acceptors (Lipinski definition) is 4. The van der Waals surface area contributed by atoms with Gasteiger partial charge in [0.05, 0.1) is 6.04 Å². The smallest absolute Gasteiger partial charge is 0.319 e. The van der Waals surface area contributed by atoms with Crippen molar-refractivity contribution in [2.45, 2.75) is 13.0 Å². The fraction of sp³-hybridized carbons (Fsp3) is 0.118. The lowest BCUT2D eigenvalue weighted by Gasteiger charge is -2.15. The highest BCUT2D eigenvalue weighted by molar-refractivity contribution is 6.30. The molecule has 0 aliphatic rings. The Morgan fingerprint density at radius 2 is 2.04 bits per heavy atom. The number of carbonyl (C=O) groups excluding carboxylic acids is 1. The van der Waals surface area contributed by atoms with E-state index in [1.54, 1.807) is 24.3 Å². The maximum absolute atomic E-state index is 12.2. The largest absolute Gasteiger partial charge is 0.423 e. The van der Waals surface area contributed by atoms with E-state index in [2.05, 4.69) is 20.8 Å². The highest BCUT2D eigenvalue weighted by atomic mass is 35.5. The van der Waals surface area contributed by atoms with Crippen molar-refractivity contribution in [2.24, 2.45) is 0 Å². The molecular weight excluding hydrogens is 328 g/mol. The van der Waals surface area contributed by atoms with Crippen LogP contribution in [0.15, 0.2) is 59.3 Å². The molecule has 7 heteroatoms. The van der Waals surface area contributed by atoms with Crippen LogP contribution in [-0.4, -0.2) is 16.2 Å². The Kier molecular flexibility index (Phi) is 4.77. The molecule has 0 aliphatic heterocycles. The molecule has 1 unspecified atom stereocenters. The van der Waals surface area contributed by atoms with Crippen LogP contribution < -0.4 is 10.6 Å². The number of anilines is 1. The average Bonchev–Trinajstić information content (AvgIpc) is 3.09. The highest BCUT2D eigenvalue weighted by Gasteiger charge is 2.11. The Labute approximate surface area is 143 Å². The molecule has 0 radical (unpaired) electrons. The van der Waals surface area contributed by atoms with E-state index in [9.17, 15) is 4.79 Å². The summed E-state index contributed by atoms with van der Waals surface area (Å²) in [6.45, 7) is 1.89. The Morgan fingerprint density at radius 3 is 2.79 bits per heavy atom. The van der Waals surface area contributed by atoms with Gasteiger partial charge >= 0.3 is 6.03 Å². The molecule has 0 spiro atoms. The molecule has 0 saturated heterocycles. The summed E-state index contributed by atoms with van der Waals surface area (Å²) >= 11 is 5.97. The molecule has 1 heterocycles. The fourth-order valence-electron chi connectivity index (χ4n) is 2.25. The summed E-state index contributed by atoms with van der Waals surface area (Å²) in [7, 11) is 0. The first-order valence-corrected chi connectivity index (χ1v) is 7.69.